The van der Waals surface area contributed by atoms with Crippen molar-refractivity contribution in [2.45, 2.75) is 0 Å². The van der Waals surface area contributed by atoms with Crippen molar-refractivity contribution in [3.05, 3.63) is 21.5 Å². The molecule has 0 saturated carbocycles. The minimum Gasteiger partial charge on any atom is -0.151 e. The minimum atomic E-state index is 1.46. The molecule has 0 aromatic carbocycles. The second kappa shape index (κ2) is 1.52. The molecular weight excluding hydrogens is 160 g/mol. The van der Waals surface area contributed by atoms with Gasteiger partial charge >= 0.3 is 0 Å². The average Bonchev–Trinajstić information content (AvgIpc) is 2.42. The Balaban J connectivity index is 2.44. The van der Waals surface area contributed by atoms with Gasteiger partial charge in [-0.2, -0.15) is 22.7 Å². The van der Waals surface area contributed by atoms with Crippen molar-refractivity contribution in [2.75, 3.05) is 0 Å². The van der Waals surface area contributed by atoms with Crippen molar-refractivity contribution in [1.29, 1.82) is 0 Å². The molecule has 0 unspecified atom stereocenters. The first-order valence-electron chi connectivity index (χ1n) is 3.10. The van der Waals surface area contributed by atoms with Crippen LogP contribution in [-0.4, -0.2) is 0 Å². The zero-order valence-electron chi connectivity index (χ0n) is 5.13. The minimum absolute atomic E-state index is 1.46. The highest BCUT2D eigenvalue weighted by Crippen LogP contribution is 2.50. The lowest BCUT2D eigenvalue weighted by Crippen LogP contribution is -1.87. The molecule has 2 heteroatoms. The Morgan fingerprint density at radius 1 is 0.600 bits per heavy atom. The van der Waals surface area contributed by atoms with Crippen LogP contribution in [0, 0.1) is 0 Å². The number of hydrogen-bond acceptors (Lipinski definition) is 2. The lowest BCUT2D eigenvalue weighted by atomic mass is 9.88. The third kappa shape index (κ3) is 0.404. The number of hydrogen-bond donors (Lipinski definition) is 0. The van der Waals surface area contributed by atoms with Crippen molar-refractivity contribution in [1.82, 2.24) is 0 Å². The zero-order valence-corrected chi connectivity index (χ0v) is 6.76. The van der Waals surface area contributed by atoms with Crippen LogP contribution in [0.5, 0.6) is 0 Å². The summed E-state index contributed by atoms with van der Waals surface area (Å²) in [5.74, 6) is 0. The lowest BCUT2D eigenvalue weighted by Gasteiger charge is -2.13. The van der Waals surface area contributed by atoms with E-state index in [1.165, 1.54) is 22.3 Å². The third-order valence-electron chi connectivity index (χ3n) is 1.90. The van der Waals surface area contributed by atoms with E-state index in [2.05, 4.69) is 21.5 Å². The van der Waals surface area contributed by atoms with E-state index in [9.17, 15) is 0 Å². The Labute approximate surface area is 66.8 Å². The fraction of sp³-hybridized carbons (Fsp3) is 0. The lowest BCUT2D eigenvalue weighted by molar-refractivity contribution is 1.69. The molecular formula is C8H4S2. The normalized spacial score (nSPS) is 12.0. The van der Waals surface area contributed by atoms with E-state index in [0.717, 1.165) is 0 Å². The number of fused-ring (bicyclic) bond motifs is 4. The summed E-state index contributed by atoms with van der Waals surface area (Å²) < 4.78 is 0. The van der Waals surface area contributed by atoms with Crippen LogP contribution in [0.25, 0.3) is 22.3 Å². The molecule has 0 amide bonds. The summed E-state index contributed by atoms with van der Waals surface area (Å²) in [6.07, 6.45) is 0. The van der Waals surface area contributed by atoms with Gasteiger partial charge < -0.3 is 0 Å². The molecule has 0 saturated heterocycles. The molecule has 0 N–H and O–H groups in total. The summed E-state index contributed by atoms with van der Waals surface area (Å²) in [7, 11) is 0. The Hall–Kier alpha value is -0.600. The van der Waals surface area contributed by atoms with E-state index in [-0.39, 0.29) is 0 Å². The fourth-order valence-corrected chi connectivity index (χ4v) is 3.06. The van der Waals surface area contributed by atoms with Gasteiger partial charge in [0.15, 0.2) is 0 Å². The summed E-state index contributed by atoms with van der Waals surface area (Å²) in [5.41, 5.74) is 5.84. The van der Waals surface area contributed by atoms with E-state index >= 15 is 0 Å². The standard InChI is InChI=1S/C8H4S2/c1-5-6(2-9-1)8-4-10-3-7(5)8/h1-4H. The van der Waals surface area contributed by atoms with Gasteiger partial charge in [0, 0.05) is 22.3 Å². The molecule has 0 nitrogen and oxygen atoms in total. The van der Waals surface area contributed by atoms with E-state index in [4.69, 9.17) is 0 Å². The summed E-state index contributed by atoms with van der Waals surface area (Å²) >= 11 is 3.59. The molecule has 2 aromatic rings. The monoisotopic (exact) mass is 164 g/mol. The molecule has 0 bridgehead atoms. The van der Waals surface area contributed by atoms with Crippen LogP contribution in [0.15, 0.2) is 21.5 Å². The fourth-order valence-electron chi connectivity index (χ4n) is 1.37. The van der Waals surface area contributed by atoms with Crippen molar-refractivity contribution < 1.29 is 0 Å². The van der Waals surface area contributed by atoms with Crippen molar-refractivity contribution >= 4 is 22.7 Å². The first-order valence-corrected chi connectivity index (χ1v) is 4.98. The third-order valence-corrected chi connectivity index (χ3v) is 3.39. The van der Waals surface area contributed by atoms with Gasteiger partial charge in [-0.1, -0.05) is 0 Å². The van der Waals surface area contributed by atoms with Gasteiger partial charge in [0.1, 0.15) is 0 Å². The maximum atomic E-state index is 2.23. The van der Waals surface area contributed by atoms with Gasteiger partial charge in [-0.15, -0.1) is 0 Å². The molecule has 48 valence electrons. The van der Waals surface area contributed by atoms with Gasteiger partial charge in [0.05, 0.1) is 0 Å². The van der Waals surface area contributed by atoms with Crippen LogP contribution in [0.2, 0.25) is 0 Å². The molecule has 0 atom stereocenters. The van der Waals surface area contributed by atoms with Crippen LogP contribution in [0.1, 0.15) is 0 Å². The molecule has 0 aliphatic heterocycles. The molecule has 1 aliphatic carbocycles. The maximum absolute atomic E-state index is 2.23. The van der Waals surface area contributed by atoms with Gasteiger partial charge in [0.25, 0.3) is 0 Å². The quantitative estimate of drug-likeness (QED) is 0.477. The predicted octanol–water partition coefficient (Wildman–Crippen LogP) is 3.46. The van der Waals surface area contributed by atoms with Gasteiger partial charge in [-0.25, -0.2) is 0 Å². The predicted molar refractivity (Wildman–Crippen MR) is 46.6 cm³/mol. The summed E-state index contributed by atoms with van der Waals surface area (Å²) in [4.78, 5) is 0. The molecule has 2 heterocycles. The van der Waals surface area contributed by atoms with Crippen LogP contribution in [0.3, 0.4) is 0 Å². The first kappa shape index (κ1) is 5.10. The number of rotatable bonds is 0. The van der Waals surface area contributed by atoms with Gasteiger partial charge in [-0.05, 0) is 21.5 Å². The Kier molecular flexibility index (Phi) is 0.775. The topological polar surface area (TPSA) is 0 Å². The highest BCUT2D eigenvalue weighted by Gasteiger charge is 2.23. The van der Waals surface area contributed by atoms with Crippen molar-refractivity contribution in [3.63, 3.8) is 0 Å². The molecule has 0 spiro atoms. The second-order valence-electron chi connectivity index (χ2n) is 2.40. The first-order chi connectivity index (χ1) is 4.97. The van der Waals surface area contributed by atoms with Gasteiger partial charge in [-0.3, -0.25) is 0 Å². The SMILES string of the molecule is c1scc2c1-c1cscc1-2. The van der Waals surface area contributed by atoms with E-state index < -0.39 is 0 Å². The largest absolute Gasteiger partial charge is 0.151 e. The molecule has 3 rings (SSSR count). The van der Waals surface area contributed by atoms with Crippen LogP contribution in [-0.2, 0) is 0 Å². The molecule has 0 radical (unpaired) electrons. The van der Waals surface area contributed by atoms with E-state index in [0.29, 0.717) is 0 Å². The zero-order chi connectivity index (χ0) is 6.55. The smallest absolute Gasteiger partial charge is 0.00170 e. The van der Waals surface area contributed by atoms with E-state index in [1.807, 2.05) is 0 Å². The van der Waals surface area contributed by atoms with Crippen LogP contribution >= 0.6 is 22.7 Å². The van der Waals surface area contributed by atoms with Crippen LogP contribution < -0.4 is 0 Å². The molecule has 2 aromatic heterocycles. The summed E-state index contributed by atoms with van der Waals surface area (Å²) in [5, 5.41) is 8.91. The Morgan fingerprint density at radius 2 is 0.900 bits per heavy atom. The number of thiophene rings is 2. The molecule has 10 heavy (non-hydrogen) atoms. The average molecular weight is 164 g/mol. The van der Waals surface area contributed by atoms with Crippen LogP contribution in [0.4, 0.5) is 0 Å². The second-order valence-corrected chi connectivity index (χ2v) is 3.89. The maximum Gasteiger partial charge on any atom is 0.00170 e. The van der Waals surface area contributed by atoms with Gasteiger partial charge in [0.2, 0.25) is 0 Å². The van der Waals surface area contributed by atoms with Crippen molar-refractivity contribution in [2.24, 2.45) is 0 Å². The molecule has 0 fully saturated rings. The summed E-state index contributed by atoms with van der Waals surface area (Å²) in [6, 6.07) is 0. The highest BCUT2D eigenvalue weighted by molar-refractivity contribution is 7.10. The summed E-state index contributed by atoms with van der Waals surface area (Å²) in [6.45, 7) is 0. The van der Waals surface area contributed by atoms with E-state index in [1.54, 1.807) is 22.7 Å². The van der Waals surface area contributed by atoms with Crippen molar-refractivity contribution in [3.8, 4) is 22.3 Å². The molecule has 1 aliphatic rings. The highest BCUT2D eigenvalue weighted by atomic mass is 32.1. The Morgan fingerprint density at radius 3 is 1.20 bits per heavy atom. The Bertz CT molecular complexity index is 296.